The van der Waals surface area contributed by atoms with E-state index in [0.717, 1.165) is 6.42 Å². The van der Waals surface area contributed by atoms with Crippen LogP contribution in [0.4, 0.5) is 5.69 Å². The smallest absolute Gasteiger partial charge is 0.339 e. The first kappa shape index (κ1) is 20.2. The van der Waals surface area contributed by atoms with Gasteiger partial charge in [0.05, 0.1) is 23.2 Å². The zero-order valence-electron chi connectivity index (χ0n) is 15.1. The number of nitrogens with one attached hydrogen (secondary N) is 2. The Hall–Kier alpha value is -2.11. The molecule has 0 heterocycles. The molecule has 2 N–H and O–H groups in total. The normalized spacial score (nSPS) is 11.5. The van der Waals surface area contributed by atoms with Crippen molar-refractivity contribution < 1.29 is 9.53 Å². The molecule has 0 saturated carbocycles. The molecule has 0 fully saturated rings. The molecule has 0 aliphatic heterocycles. The van der Waals surface area contributed by atoms with E-state index < -0.39 is 5.97 Å². The quantitative estimate of drug-likeness (QED) is 0.520. The predicted molar refractivity (Wildman–Crippen MR) is 111 cm³/mol. The molecule has 4 nitrogen and oxygen atoms in total. The molecule has 0 aliphatic rings. The Morgan fingerprint density at radius 1 is 1.23 bits per heavy atom. The van der Waals surface area contributed by atoms with Crippen molar-refractivity contribution in [1.82, 2.24) is 5.32 Å². The molecule has 2 aromatic carbocycles. The first-order valence-corrected chi connectivity index (χ1v) is 9.34. The van der Waals surface area contributed by atoms with Gasteiger partial charge in [-0.25, -0.2) is 4.79 Å². The number of carbonyl (C=O) groups is 1. The van der Waals surface area contributed by atoms with E-state index in [0.29, 0.717) is 28.0 Å². The summed E-state index contributed by atoms with van der Waals surface area (Å²) < 4.78 is 4.98. The molecule has 0 radical (unpaired) electrons. The summed E-state index contributed by atoms with van der Waals surface area (Å²) in [5.41, 5.74) is 3.48. The van der Waals surface area contributed by atoms with Crippen LogP contribution in [0, 0.1) is 6.92 Å². The van der Waals surface area contributed by atoms with Crippen molar-refractivity contribution in [3.05, 3.63) is 64.2 Å². The van der Waals surface area contributed by atoms with Crippen LogP contribution in [0.5, 0.6) is 0 Å². The number of anilines is 1. The van der Waals surface area contributed by atoms with E-state index in [1.54, 1.807) is 25.1 Å². The lowest BCUT2D eigenvalue weighted by molar-refractivity contribution is 0.0526. The van der Waals surface area contributed by atoms with Crippen molar-refractivity contribution >= 4 is 40.6 Å². The monoisotopic (exact) mass is 390 g/mol. The van der Waals surface area contributed by atoms with Gasteiger partial charge in [-0.15, -0.1) is 0 Å². The zero-order chi connectivity index (χ0) is 19.1. The molecule has 1 atom stereocenters. The zero-order valence-corrected chi connectivity index (χ0v) is 16.7. The largest absolute Gasteiger partial charge is 0.462 e. The van der Waals surface area contributed by atoms with Crippen molar-refractivity contribution in [2.45, 2.75) is 33.2 Å². The van der Waals surface area contributed by atoms with E-state index in [9.17, 15) is 4.79 Å². The minimum absolute atomic E-state index is 0.116. The van der Waals surface area contributed by atoms with Crippen molar-refractivity contribution in [2.24, 2.45) is 0 Å². The molecule has 0 saturated heterocycles. The third-order valence-electron chi connectivity index (χ3n) is 4.00. The summed E-state index contributed by atoms with van der Waals surface area (Å²) in [5.74, 6) is -0.435. The molecule has 2 rings (SSSR count). The van der Waals surface area contributed by atoms with Gasteiger partial charge >= 0.3 is 5.97 Å². The molecule has 6 heteroatoms. The molecule has 26 heavy (non-hydrogen) atoms. The van der Waals surface area contributed by atoms with Crippen molar-refractivity contribution in [3.63, 3.8) is 0 Å². The molecule has 0 unspecified atom stereocenters. The molecule has 0 amide bonds. The van der Waals surface area contributed by atoms with Crippen LogP contribution in [0.3, 0.4) is 0 Å². The van der Waals surface area contributed by atoms with E-state index in [1.165, 1.54) is 11.1 Å². The molecule has 2 aromatic rings. The number of halogens is 1. The highest BCUT2D eigenvalue weighted by Gasteiger charge is 2.14. The van der Waals surface area contributed by atoms with Crippen LogP contribution in [0.15, 0.2) is 42.5 Å². The number of aryl methyl sites for hydroxylation is 1. The Kier molecular flexibility index (Phi) is 7.42. The second-order valence-electron chi connectivity index (χ2n) is 5.83. The first-order valence-electron chi connectivity index (χ1n) is 8.56. The fourth-order valence-electron chi connectivity index (χ4n) is 2.67. The molecule has 0 bridgehead atoms. The Balaban J connectivity index is 2.06. The summed E-state index contributed by atoms with van der Waals surface area (Å²) in [6.07, 6.45) is 0.898. The van der Waals surface area contributed by atoms with Gasteiger partial charge in [0.25, 0.3) is 0 Å². The number of thiocarbonyl (C=S) groups is 1. The summed E-state index contributed by atoms with van der Waals surface area (Å²) in [5, 5.41) is 7.28. The number of rotatable bonds is 6. The molecule has 0 aliphatic carbocycles. The van der Waals surface area contributed by atoms with Crippen LogP contribution in [0.1, 0.15) is 47.8 Å². The van der Waals surface area contributed by atoms with Crippen LogP contribution in [-0.4, -0.2) is 17.7 Å². The topological polar surface area (TPSA) is 50.4 Å². The van der Waals surface area contributed by atoms with E-state index in [-0.39, 0.29) is 6.04 Å². The number of esters is 1. The molecule has 0 aromatic heterocycles. The van der Waals surface area contributed by atoms with Gasteiger partial charge in [0, 0.05) is 5.69 Å². The number of hydrogen-bond donors (Lipinski definition) is 2. The summed E-state index contributed by atoms with van der Waals surface area (Å²) in [7, 11) is 0. The van der Waals surface area contributed by atoms with Gasteiger partial charge in [0.15, 0.2) is 5.11 Å². The lowest BCUT2D eigenvalue weighted by Gasteiger charge is -2.21. The van der Waals surface area contributed by atoms with Crippen LogP contribution in [0.2, 0.25) is 5.02 Å². The Labute approximate surface area is 164 Å². The fraction of sp³-hybridized carbons (Fsp3) is 0.300. The highest BCUT2D eigenvalue weighted by atomic mass is 35.5. The maximum Gasteiger partial charge on any atom is 0.339 e. The van der Waals surface area contributed by atoms with E-state index >= 15 is 0 Å². The fourth-order valence-corrected chi connectivity index (χ4v) is 3.19. The highest BCUT2D eigenvalue weighted by molar-refractivity contribution is 7.80. The molecule has 0 spiro atoms. The first-order chi connectivity index (χ1) is 12.5. The van der Waals surface area contributed by atoms with Gasteiger partial charge in [-0.05, 0) is 61.8 Å². The van der Waals surface area contributed by atoms with E-state index in [1.807, 2.05) is 12.1 Å². The summed E-state index contributed by atoms with van der Waals surface area (Å²) >= 11 is 11.6. The number of ether oxygens (including phenoxy) is 1. The van der Waals surface area contributed by atoms with Gasteiger partial charge < -0.3 is 15.4 Å². The number of benzene rings is 2. The van der Waals surface area contributed by atoms with Gasteiger partial charge in [0.1, 0.15) is 0 Å². The third-order valence-corrected chi connectivity index (χ3v) is 4.53. The van der Waals surface area contributed by atoms with Crippen LogP contribution >= 0.6 is 23.8 Å². The standard InChI is InChI=1S/C20H23ClN2O2S/c1-4-18(15-9-7-6-8-13(15)3)23-20(26)22-14-10-11-16(17(21)12-14)19(24)25-5-2/h6-12,18H,4-5H2,1-3H3,(H2,22,23,26)/t18-/m1/s1. The lowest BCUT2D eigenvalue weighted by atomic mass is 10.00. The minimum Gasteiger partial charge on any atom is -0.462 e. The predicted octanol–water partition coefficient (Wildman–Crippen LogP) is 5.26. The van der Waals surface area contributed by atoms with Crippen molar-refractivity contribution in [1.29, 1.82) is 0 Å². The van der Waals surface area contributed by atoms with Gasteiger partial charge in [-0.1, -0.05) is 42.8 Å². The number of carbonyl (C=O) groups excluding carboxylic acids is 1. The summed E-state index contributed by atoms with van der Waals surface area (Å²) in [4.78, 5) is 11.8. The van der Waals surface area contributed by atoms with Crippen LogP contribution in [-0.2, 0) is 4.74 Å². The Morgan fingerprint density at radius 2 is 1.96 bits per heavy atom. The van der Waals surface area contributed by atoms with Crippen molar-refractivity contribution in [2.75, 3.05) is 11.9 Å². The second kappa shape index (κ2) is 9.55. The van der Waals surface area contributed by atoms with E-state index in [2.05, 4.69) is 36.6 Å². The maximum atomic E-state index is 11.8. The molecular weight excluding hydrogens is 368 g/mol. The van der Waals surface area contributed by atoms with Gasteiger partial charge in [-0.3, -0.25) is 0 Å². The lowest BCUT2D eigenvalue weighted by Crippen LogP contribution is -2.32. The SMILES string of the molecule is CCOC(=O)c1ccc(NC(=S)N[C@H](CC)c2ccccc2C)cc1Cl. The molecular formula is C20H23ClN2O2S. The van der Waals surface area contributed by atoms with Crippen LogP contribution in [0.25, 0.3) is 0 Å². The highest BCUT2D eigenvalue weighted by Crippen LogP contribution is 2.23. The summed E-state index contributed by atoms with van der Waals surface area (Å²) in [6.45, 7) is 6.26. The third kappa shape index (κ3) is 5.19. The van der Waals surface area contributed by atoms with Crippen LogP contribution < -0.4 is 10.6 Å². The summed E-state index contributed by atoms with van der Waals surface area (Å²) in [6, 6.07) is 13.4. The average Bonchev–Trinajstić information content (AvgIpc) is 2.60. The van der Waals surface area contributed by atoms with Crippen molar-refractivity contribution in [3.8, 4) is 0 Å². The second-order valence-corrected chi connectivity index (χ2v) is 6.65. The maximum absolute atomic E-state index is 11.8. The average molecular weight is 391 g/mol. The Morgan fingerprint density at radius 3 is 2.58 bits per heavy atom. The minimum atomic E-state index is -0.435. The van der Waals surface area contributed by atoms with E-state index in [4.69, 9.17) is 28.6 Å². The Bertz CT molecular complexity index is 795. The van der Waals surface area contributed by atoms with Gasteiger partial charge in [-0.2, -0.15) is 0 Å². The van der Waals surface area contributed by atoms with Gasteiger partial charge in [0.2, 0.25) is 0 Å². The number of hydrogen-bond acceptors (Lipinski definition) is 3. The molecule has 138 valence electrons.